The van der Waals surface area contributed by atoms with Crippen LogP contribution in [0.3, 0.4) is 0 Å². The molecule has 1 heterocycles. The Balaban J connectivity index is 1.90. The number of carbonyl (C=O) groups excluding carboxylic acids is 1. The van der Waals surface area contributed by atoms with Gasteiger partial charge in [0.05, 0.1) is 5.76 Å². The lowest BCUT2D eigenvalue weighted by atomic mass is 10.0. The summed E-state index contributed by atoms with van der Waals surface area (Å²) in [5.74, 6) is 0.935. The fourth-order valence-corrected chi connectivity index (χ4v) is 2.27. The van der Waals surface area contributed by atoms with Crippen molar-refractivity contribution in [3.8, 4) is 0 Å². The first-order valence-electron chi connectivity index (χ1n) is 7.13. The van der Waals surface area contributed by atoms with E-state index in [1.807, 2.05) is 6.92 Å². The maximum Gasteiger partial charge on any atom is 0.199 e. The monoisotopic (exact) mass is 238 g/mol. The molecule has 0 fully saturated rings. The lowest BCUT2D eigenvalue weighted by molar-refractivity contribution is -0.120. The average molecular weight is 238 g/mol. The topological polar surface area (TPSA) is 26.3 Å². The summed E-state index contributed by atoms with van der Waals surface area (Å²) in [5.41, 5.74) is 0. The molecule has 1 atom stereocenters. The van der Waals surface area contributed by atoms with Crippen molar-refractivity contribution in [2.45, 2.75) is 77.7 Å². The van der Waals surface area contributed by atoms with Crippen LogP contribution in [0.25, 0.3) is 0 Å². The molecule has 0 amide bonds. The fraction of sp³-hybridized carbons (Fsp3) is 0.800. The van der Waals surface area contributed by atoms with E-state index in [9.17, 15) is 4.79 Å². The Hall–Kier alpha value is -0.790. The van der Waals surface area contributed by atoms with Crippen LogP contribution in [0.4, 0.5) is 0 Å². The van der Waals surface area contributed by atoms with Gasteiger partial charge in [-0.15, -0.1) is 0 Å². The van der Waals surface area contributed by atoms with Crippen LogP contribution in [0.15, 0.2) is 11.8 Å². The van der Waals surface area contributed by atoms with Gasteiger partial charge in [0.2, 0.25) is 0 Å². The van der Waals surface area contributed by atoms with E-state index in [0.29, 0.717) is 0 Å². The quantitative estimate of drug-likeness (QED) is 0.557. The van der Waals surface area contributed by atoms with Gasteiger partial charge in [0.15, 0.2) is 11.9 Å². The van der Waals surface area contributed by atoms with Crippen LogP contribution < -0.4 is 0 Å². The number of hydrogen-bond acceptors (Lipinski definition) is 2. The fourth-order valence-electron chi connectivity index (χ4n) is 2.27. The minimum atomic E-state index is -0.171. The maximum absolute atomic E-state index is 11.4. The van der Waals surface area contributed by atoms with Gasteiger partial charge in [-0.1, -0.05) is 51.9 Å². The Morgan fingerprint density at radius 3 is 2.18 bits per heavy atom. The van der Waals surface area contributed by atoms with E-state index in [-0.39, 0.29) is 11.9 Å². The lowest BCUT2D eigenvalue weighted by Crippen LogP contribution is -2.15. The lowest BCUT2D eigenvalue weighted by Gasteiger charge is -2.10. The van der Waals surface area contributed by atoms with Crippen LogP contribution >= 0.6 is 0 Å². The summed E-state index contributed by atoms with van der Waals surface area (Å²) >= 11 is 0. The van der Waals surface area contributed by atoms with Crippen LogP contribution in [-0.2, 0) is 9.53 Å². The van der Waals surface area contributed by atoms with Crippen molar-refractivity contribution in [2.75, 3.05) is 0 Å². The minimum absolute atomic E-state index is 0.158. The highest BCUT2D eigenvalue weighted by atomic mass is 16.5. The third kappa shape index (κ3) is 5.90. The molecule has 0 N–H and O–H groups in total. The molecule has 1 aliphatic heterocycles. The van der Waals surface area contributed by atoms with Gasteiger partial charge in [-0.3, -0.25) is 4.79 Å². The number of allylic oxidation sites excluding steroid dienone is 1. The Bertz CT molecular complexity index is 256. The molecule has 1 aliphatic rings. The second kappa shape index (κ2) is 8.32. The first kappa shape index (κ1) is 14.3. The summed E-state index contributed by atoms with van der Waals surface area (Å²) in [6.45, 7) is 4.10. The summed E-state index contributed by atoms with van der Waals surface area (Å²) in [6, 6.07) is 0. The van der Waals surface area contributed by atoms with Crippen molar-refractivity contribution >= 4 is 5.78 Å². The van der Waals surface area contributed by atoms with Crippen LogP contribution in [-0.4, -0.2) is 11.9 Å². The molecular weight excluding hydrogens is 212 g/mol. The van der Waals surface area contributed by atoms with E-state index in [2.05, 4.69) is 6.92 Å². The Morgan fingerprint density at radius 2 is 1.65 bits per heavy atom. The third-order valence-corrected chi connectivity index (χ3v) is 3.31. The van der Waals surface area contributed by atoms with Crippen LogP contribution in [0.1, 0.15) is 71.6 Å². The van der Waals surface area contributed by atoms with Crippen molar-refractivity contribution in [1.82, 2.24) is 0 Å². The molecule has 1 unspecified atom stereocenters. The normalized spacial score (nSPS) is 19.3. The molecule has 0 radical (unpaired) electrons. The van der Waals surface area contributed by atoms with E-state index in [1.165, 1.54) is 44.9 Å². The smallest absolute Gasteiger partial charge is 0.199 e. The van der Waals surface area contributed by atoms with Crippen LogP contribution in [0.2, 0.25) is 0 Å². The number of ketones is 1. The van der Waals surface area contributed by atoms with E-state index in [1.54, 1.807) is 6.08 Å². The zero-order valence-corrected chi connectivity index (χ0v) is 11.3. The van der Waals surface area contributed by atoms with Gasteiger partial charge < -0.3 is 4.74 Å². The van der Waals surface area contributed by atoms with Gasteiger partial charge in [0.25, 0.3) is 0 Å². The number of ether oxygens (including phenoxy) is 1. The van der Waals surface area contributed by atoms with Crippen molar-refractivity contribution < 1.29 is 9.53 Å². The molecule has 0 saturated heterocycles. The van der Waals surface area contributed by atoms with Gasteiger partial charge in [-0.05, 0) is 19.8 Å². The summed E-state index contributed by atoms with van der Waals surface area (Å²) in [5, 5.41) is 0. The van der Waals surface area contributed by atoms with E-state index in [0.717, 1.165) is 18.6 Å². The Labute approximate surface area is 105 Å². The molecule has 2 heteroatoms. The standard InChI is InChI=1S/C15H26O2/c1-3-4-5-6-7-8-9-10-11-15-14(16)12-13(2)17-15/h12,15H,3-11H2,1-2H3. The predicted molar refractivity (Wildman–Crippen MR) is 70.9 cm³/mol. The molecule has 0 bridgehead atoms. The number of carbonyl (C=O) groups is 1. The Kier molecular flexibility index (Phi) is 6.99. The van der Waals surface area contributed by atoms with Crippen molar-refractivity contribution in [3.63, 3.8) is 0 Å². The summed E-state index contributed by atoms with van der Waals surface area (Å²) in [4.78, 5) is 11.4. The molecule has 98 valence electrons. The third-order valence-electron chi connectivity index (χ3n) is 3.31. The molecule has 0 aliphatic carbocycles. The zero-order valence-electron chi connectivity index (χ0n) is 11.3. The van der Waals surface area contributed by atoms with Crippen LogP contribution in [0.5, 0.6) is 0 Å². The van der Waals surface area contributed by atoms with Crippen LogP contribution in [0, 0.1) is 0 Å². The van der Waals surface area contributed by atoms with E-state index < -0.39 is 0 Å². The number of rotatable bonds is 9. The largest absolute Gasteiger partial charge is 0.487 e. The minimum Gasteiger partial charge on any atom is -0.487 e. The van der Waals surface area contributed by atoms with Gasteiger partial charge in [0, 0.05) is 6.08 Å². The predicted octanol–water partition coefficient (Wildman–Crippen LogP) is 4.39. The second-order valence-corrected chi connectivity index (χ2v) is 5.03. The first-order chi connectivity index (χ1) is 8.24. The summed E-state index contributed by atoms with van der Waals surface area (Å²) in [6.07, 6.45) is 12.8. The summed E-state index contributed by atoms with van der Waals surface area (Å²) in [7, 11) is 0. The molecular formula is C15H26O2. The van der Waals surface area contributed by atoms with Gasteiger partial charge >= 0.3 is 0 Å². The van der Waals surface area contributed by atoms with Crippen molar-refractivity contribution in [3.05, 3.63) is 11.8 Å². The molecule has 0 aromatic rings. The highest BCUT2D eigenvalue weighted by molar-refractivity contribution is 5.95. The highest BCUT2D eigenvalue weighted by Gasteiger charge is 2.23. The SMILES string of the molecule is CCCCCCCCCCC1OC(C)=CC1=O. The van der Waals surface area contributed by atoms with Crippen molar-refractivity contribution in [2.24, 2.45) is 0 Å². The van der Waals surface area contributed by atoms with Gasteiger partial charge in [-0.2, -0.15) is 0 Å². The molecule has 0 spiro atoms. The number of unbranched alkanes of at least 4 members (excludes halogenated alkanes) is 7. The molecule has 2 nitrogen and oxygen atoms in total. The molecule has 1 rings (SSSR count). The summed E-state index contributed by atoms with van der Waals surface area (Å²) < 4.78 is 5.44. The second-order valence-electron chi connectivity index (χ2n) is 5.03. The molecule has 17 heavy (non-hydrogen) atoms. The highest BCUT2D eigenvalue weighted by Crippen LogP contribution is 2.19. The Morgan fingerprint density at radius 1 is 1.06 bits per heavy atom. The van der Waals surface area contributed by atoms with Gasteiger partial charge in [-0.25, -0.2) is 0 Å². The molecule has 0 aromatic carbocycles. The molecule has 0 aromatic heterocycles. The molecule has 0 saturated carbocycles. The van der Waals surface area contributed by atoms with Gasteiger partial charge in [0.1, 0.15) is 0 Å². The van der Waals surface area contributed by atoms with Crippen molar-refractivity contribution in [1.29, 1.82) is 0 Å². The number of hydrogen-bond donors (Lipinski definition) is 0. The maximum atomic E-state index is 11.4. The first-order valence-corrected chi connectivity index (χ1v) is 7.13. The van der Waals surface area contributed by atoms with E-state index in [4.69, 9.17) is 4.74 Å². The van der Waals surface area contributed by atoms with E-state index >= 15 is 0 Å². The average Bonchev–Trinajstić information content (AvgIpc) is 2.61. The zero-order chi connectivity index (χ0) is 12.5.